The third kappa shape index (κ3) is 7.65. The van der Waals surface area contributed by atoms with Gasteiger partial charge in [0.15, 0.2) is 5.13 Å². The number of anilines is 6. The average molecular weight is 756 g/mol. The second-order valence-corrected chi connectivity index (χ2v) is 15.4. The first-order valence-corrected chi connectivity index (χ1v) is 19.2. The van der Waals surface area contributed by atoms with Crippen LogP contribution in [0, 0.1) is 13.8 Å². The van der Waals surface area contributed by atoms with E-state index in [0.29, 0.717) is 57.4 Å². The van der Waals surface area contributed by atoms with Crippen LogP contribution >= 0.6 is 22.9 Å². The Balaban J connectivity index is 0.798. The summed E-state index contributed by atoms with van der Waals surface area (Å²) >= 11 is 7.55. The number of likely N-dealkylation sites (tertiary alicyclic amines) is 1. The zero-order chi connectivity index (χ0) is 36.6. The SMILES string of the molecule is Cc1nc(Nc2ncc(C(=O)Nc3c(C)cccc3Cl)s2)cc(N2CCN(CCN3C[C@H]4C[C@@H]3CN4c3ccc(N4CCC(=O)NC4=O)cc3)CC2)n1. The number of amides is 4. The summed E-state index contributed by atoms with van der Waals surface area (Å²) in [5.41, 5.74) is 3.49. The van der Waals surface area contributed by atoms with Crippen LogP contribution in [0.1, 0.15) is 33.9 Å². The molecule has 4 saturated heterocycles. The summed E-state index contributed by atoms with van der Waals surface area (Å²) in [5, 5.41) is 9.63. The minimum atomic E-state index is -0.352. The van der Waals surface area contributed by atoms with Gasteiger partial charge in [0.25, 0.3) is 5.91 Å². The van der Waals surface area contributed by atoms with Crippen molar-refractivity contribution in [2.45, 2.75) is 38.8 Å². The van der Waals surface area contributed by atoms with E-state index >= 15 is 0 Å². The number of imide groups is 1. The van der Waals surface area contributed by atoms with E-state index in [9.17, 15) is 14.4 Å². The highest BCUT2D eigenvalue weighted by atomic mass is 35.5. The van der Waals surface area contributed by atoms with Crippen LogP contribution in [-0.2, 0) is 4.79 Å². The molecule has 4 amide bonds. The Labute approximate surface area is 317 Å². The zero-order valence-corrected chi connectivity index (χ0v) is 31.3. The van der Waals surface area contributed by atoms with Crippen molar-refractivity contribution < 1.29 is 14.4 Å². The number of fused-ring (bicyclic) bond motifs is 2. The van der Waals surface area contributed by atoms with Crippen molar-refractivity contribution in [1.82, 2.24) is 30.1 Å². The third-order valence-corrected chi connectivity index (χ3v) is 11.8. The largest absolute Gasteiger partial charge is 0.366 e. The fraction of sp³-hybridized carbons (Fsp3) is 0.405. The van der Waals surface area contributed by atoms with Gasteiger partial charge >= 0.3 is 6.03 Å². The minimum Gasteiger partial charge on any atom is -0.366 e. The highest BCUT2D eigenvalue weighted by Gasteiger charge is 2.43. The van der Waals surface area contributed by atoms with Gasteiger partial charge in [0.05, 0.1) is 16.9 Å². The van der Waals surface area contributed by atoms with Gasteiger partial charge in [0.2, 0.25) is 5.91 Å². The smallest absolute Gasteiger partial charge is 0.328 e. The van der Waals surface area contributed by atoms with Crippen molar-refractivity contribution >= 4 is 74.6 Å². The molecule has 14 nitrogen and oxygen atoms in total. The molecule has 4 aliphatic heterocycles. The summed E-state index contributed by atoms with van der Waals surface area (Å²) in [7, 11) is 0. The number of carbonyl (C=O) groups excluding carboxylic acids is 3. The molecular weight excluding hydrogens is 714 g/mol. The first-order chi connectivity index (χ1) is 25.7. The van der Waals surface area contributed by atoms with Crippen LogP contribution in [0.25, 0.3) is 0 Å². The van der Waals surface area contributed by atoms with Crippen molar-refractivity contribution in [3.8, 4) is 0 Å². The standard InChI is InChI=1S/C37H42ClN11O3S/c1-23-4-3-5-29(38)34(23)44-35(51)30-20-39-36(53-30)42-31-19-32(41-24(2)40-31)46-15-12-45(13-16-46)14-17-47-21-28-18-27(47)22-49(28)26-8-6-25(7-9-26)48-11-10-33(50)43-37(48)52/h3-9,19-20,27-28H,10-18,21-22H2,1-2H3,(H,44,51)(H,43,50,52)(H,39,40,41,42)/t27-,28-/m1/s1. The Hall–Kier alpha value is -4.83. The van der Waals surface area contributed by atoms with Gasteiger partial charge in [0, 0.05) is 94.8 Å². The van der Waals surface area contributed by atoms with Gasteiger partial charge in [-0.2, -0.15) is 0 Å². The lowest BCUT2D eigenvalue weighted by molar-refractivity contribution is -0.120. The van der Waals surface area contributed by atoms with E-state index in [2.05, 4.69) is 57.7 Å². The van der Waals surface area contributed by atoms with Crippen molar-refractivity contribution in [3.63, 3.8) is 0 Å². The predicted molar refractivity (Wildman–Crippen MR) is 208 cm³/mol. The summed E-state index contributed by atoms with van der Waals surface area (Å²) in [6, 6.07) is 16.3. The van der Waals surface area contributed by atoms with E-state index in [1.807, 2.05) is 44.2 Å². The normalized spacial score (nSPS) is 20.6. The van der Waals surface area contributed by atoms with Crippen molar-refractivity contribution in [3.05, 3.63) is 76.0 Å². The number of aromatic nitrogens is 3. The highest BCUT2D eigenvalue weighted by molar-refractivity contribution is 7.17. The Morgan fingerprint density at radius 3 is 2.49 bits per heavy atom. The molecule has 3 N–H and O–H groups in total. The quantitative estimate of drug-likeness (QED) is 0.207. The summed E-state index contributed by atoms with van der Waals surface area (Å²) in [5.74, 6) is 1.69. The Kier molecular flexibility index (Phi) is 9.89. The van der Waals surface area contributed by atoms with Crippen LogP contribution in [-0.4, -0.2) is 114 Å². The summed E-state index contributed by atoms with van der Waals surface area (Å²) in [4.78, 5) is 62.5. The number of carbonyl (C=O) groups is 3. The average Bonchev–Trinajstić information content (AvgIpc) is 3.89. The van der Waals surface area contributed by atoms with Crippen LogP contribution in [0.15, 0.2) is 54.7 Å². The maximum atomic E-state index is 12.9. The number of hydrogen-bond acceptors (Lipinski definition) is 12. The molecular formula is C37H42ClN11O3S. The van der Waals surface area contributed by atoms with E-state index in [0.717, 1.165) is 69.4 Å². The molecule has 6 heterocycles. The van der Waals surface area contributed by atoms with Crippen molar-refractivity contribution in [1.29, 1.82) is 0 Å². The van der Waals surface area contributed by atoms with E-state index in [1.165, 1.54) is 23.4 Å². The number of piperazine rings is 2. The zero-order valence-electron chi connectivity index (χ0n) is 29.7. The van der Waals surface area contributed by atoms with E-state index < -0.39 is 0 Å². The summed E-state index contributed by atoms with van der Waals surface area (Å²) in [6.07, 6.45) is 3.05. The monoisotopic (exact) mass is 755 g/mol. The molecule has 8 rings (SSSR count). The minimum absolute atomic E-state index is 0.220. The van der Waals surface area contributed by atoms with E-state index in [4.69, 9.17) is 16.6 Å². The van der Waals surface area contributed by atoms with Crippen molar-refractivity contribution in [2.24, 2.45) is 0 Å². The molecule has 53 heavy (non-hydrogen) atoms. The van der Waals surface area contributed by atoms with Gasteiger partial charge in [-0.15, -0.1) is 0 Å². The fourth-order valence-corrected chi connectivity index (χ4v) is 8.72. The number of nitrogens with zero attached hydrogens (tertiary/aromatic N) is 8. The molecule has 4 aliphatic rings. The topological polar surface area (TPSA) is 142 Å². The molecule has 2 aromatic carbocycles. The van der Waals surface area contributed by atoms with Crippen LogP contribution < -0.4 is 30.7 Å². The lowest BCUT2D eigenvalue weighted by Gasteiger charge is -2.39. The van der Waals surface area contributed by atoms with E-state index in [1.54, 1.807) is 17.2 Å². The van der Waals surface area contributed by atoms with Crippen LogP contribution in [0.5, 0.6) is 0 Å². The number of benzene rings is 2. The first-order valence-electron chi connectivity index (χ1n) is 18.0. The number of halogens is 1. The fourth-order valence-electron chi connectivity index (χ4n) is 7.73. The second kappa shape index (κ2) is 14.9. The molecule has 0 unspecified atom stereocenters. The highest BCUT2D eigenvalue weighted by Crippen LogP contribution is 2.35. The second-order valence-electron chi connectivity index (χ2n) is 14.0. The van der Waals surface area contributed by atoms with Crippen LogP contribution in [0.2, 0.25) is 5.02 Å². The van der Waals surface area contributed by atoms with E-state index in [-0.39, 0.29) is 17.8 Å². The molecule has 16 heteroatoms. The lowest BCUT2D eigenvalue weighted by atomic mass is 10.2. The summed E-state index contributed by atoms with van der Waals surface area (Å²) in [6.45, 7) is 12.1. The molecule has 2 aromatic heterocycles. The maximum absolute atomic E-state index is 12.9. The molecule has 0 spiro atoms. The Bertz CT molecular complexity index is 2000. The predicted octanol–water partition coefficient (Wildman–Crippen LogP) is 4.73. The van der Waals surface area contributed by atoms with Gasteiger partial charge < -0.3 is 20.4 Å². The third-order valence-electron chi connectivity index (χ3n) is 10.6. The van der Waals surface area contributed by atoms with Gasteiger partial charge in [-0.3, -0.25) is 29.6 Å². The van der Waals surface area contributed by atoms with Gasteiger partial charge in [-0.25, -0.2) is 19.7 Å². The number of aryl methyl sites for hydroxylation is 2. The van der Waals surface area contributed by atoms with Gasteiger partial charge in [-0.1, -0.05) is 35.1 Å². The molecule has 0 radical (unpaired) electrons. The molecule has 4 aromatic rings. The number of para-hydroxylation sites is 1. The molecule has 0 saturated carbocycles. The number of rotatable bonds is 10. The molecule has 4 fully saturated rings. The molecule has 0 aliphatic carbocycles. The Morgan fingerprint density at radius 2 is 1.75 bits per heavy atom. The maximum Gasteiger partial charge on any atom is 0.328 e. The lowest BCUT2D eigenvalue weighted by Crippen LogP contribution is -2.51. The molecule has 2 atom stereocenters. The number of hydrogen-bond donors (Lipinski definition) is 3. The van der Waals surface area contributed by atoms with Crippen molar-refractivity contribution in [2.75, 3.05) is 84.2 Å². The number of urea groups is 1. The summed E-state index contributed by atoms with van der Waals surface area (Å²) < 4.78 is 0. The first kappa shape index (κ1) is 35.2. The van der Waals surface area contributed by atoms with Gasteiger partial charge in [0.1, 0.15) is 22.3 Å². The van der Waals surface area contributed by atoms with Crippen LogP contribution in [0.3, 0.4) is 0 Å². The number of nitrogens with one attached hydrogen (secondary N) is 3. The molecule has 2 bridgehead atoms. The Morgan fingerprint density at radius 1 is 0.962 bits per heavy atom. The van der Waals surface area contributed by atoms with Gasteiger partial charge in [-0.05, 0) is 56.2 Å². The molecule has 276 valence electrons. The number of thiazole rings is 1. The van der Waals surface area contributed by atoms with Crippen LogP contribution in [0.4, 0.5) is 38.6 Å².